The molecule has 1 N–H and O–H groups in total. The summed E-state index contributed by atoms with van der Waals surface area (Å²) in [6.07, 6.45) is 1.05. The lowest BCUT2D eigenvalue weighted by Crippen LogP contribution is -2.41. The number of halogens is 1. The van der Waals surface area contributed by atoms with Crippen molar-refractivity contribution in [2.24, 2.45) is 0 Å². The van der Waals surface area contributed by atoms with Gasteiger partial charge in [0.05, 0.1) is 15.9 Å². The largest absolute Gasteiger partial charge is 0.315 e. The minimum absolute atomic E-state index is 0.524. The molecule has 1 aliphatic heterocycles. The minimum Gasteiger partial charge on any atom is -0.315 e. The number of hydrogen-bond acceptors (Lipinski definition) is 4. The maximum absolute atomic E-state index is 4.59. The predicted molar refractivity (Wildman–Crippen MR) is 90.5 cm³/mol. The van der Waals surface area contributed by atoms with Gasteiger partial charge in [-0.3, -0.25) is 4.68 Å². The van der Waals surface area contributed by atoms with Crippen LogP contribution in [0.3, 0.4) is 0 Å². The highest BCUT2D eigenvalue weighted by Crippen LogP contribution is 2.29. The Morgan fingerprint density at radius 2 is 2.32 bits per heavy atom. The summed E-state index contributed by atoms with van der Waals surface area (Å²) < 4.78 is 3.31. The van der Waals surface area contributed by atoms with Crippen molar-refractivity contribution in [1.82, 2.24) is 15.1 Å². The second-order valence-corrected chi connectivity index (χ2v) is 8.04. The van der Waals surface area contributed by atoms with E-state index in [-0.39, 0.29) is 0 Å². The Hall–Kier alpha value is 0.350. The van der Waals surface area contributed by atoms with E-state index in [2.05, 4.69) is 75.4 Å². The van der Waals surface area contributed by atoms with Gasteiger partial charge in [-0.25, -0.2) is 0 Å². The van der Waals surface area contributed by atoms with Crippen molar-refractivity contribution in [3.05, 3.63) is 15.9 Å². The molecule has 2 rings (SSSR count). The van der Waals surface area contributed by atoms with Gasteiger partial charge >= 0.3 is 0 Å². The van der Waals surface area contributed by atoms with Crippen molar-refractivity contribution in [1.29, 1.82) is 0 Å². The number of rotatable bonds is 5. The molecule has 1 fully saturated rings. The summed E-state index contributed by atoms with van der Waals surface area (Å²) >= 11 is 7.90. The molecule has 1 aromatic rings. The summed E-state index contributed by atoms with van der Waals surface area (Å²) in [6, 6.07) is 0.524. The molecule has 0 spiro atoms. The molecule has 108 valence electrons. The lowest BCUT2D eigenvalue weighted by atomic mass is 10.1. The van der Waals surface area contributed by atoms with Crippen LogP contribution in [0.1, 0.15) is 18.3 Å². The summed E-state index contributed by atoms with van der Waals surface area (Å²) in [7, 11) is 2.08. The molecule has 2 heterocycles. The lowest BCUT2D eigenvalue weighted by molar-refractivity contribution is 0.520. The number of nitrogens with zero attached hydrogens (tertiary/aromatic N) is 2. The minimum atomic E-state index is 0.524. The first-order valence-corrected chi connectivity index (χ1v) is 9.75. The summed E-state index contributed by atoms with van der Waals surface area (Å²) in [5.41, 5.74) is 2.42. The average molecular weight is 364 g/mol. The van der Waals surface area contributed by atoms with Crippen molar-refractivity contribution in [3.63, 3.8) is 0 Å². The molecule has 0 radical (unpaired) electrons. The number of thioether (sulfide) groups is 2. The Morgan fingerprint density at radius 1 is 1.53 bits per heavy atom. The van der Waals surface area contributed by atoms with E-state index in [9.17, 15) is 0 Å². The quantitative estimate of drug-likeness (QED) is 0.870. The zero-order chi connectivity index (χ0) is 13.8. The number of aromatic nitrogens is 2. The van der Waals surface area contributed by atoms with Crippen LogP contribution in [0.2, 0.25) is 0 Å². The van der Waals surface area contributed by atoms with Crippen LogP contribution in [0.5, 0.6) is 0 Å². The number of likely N-dealkylation sites (N-methyl/N-ethyl adjacent to an activating group) is 1. The van der Waals surface area contributed by atoms with E-state index < -0.39 is 0 Å². The van der Waals surface area contributed by atoms with Gasteiger partial charge in [-0.1, -0.05) is 0 Å². The highest BCUT2D eigenvalue weighted by atomic mass is 79.9. The first-order valence-electron chi connectivity index (χ1n) is 6.75. The summed E-state index contributed by atoms with van der Waals surface area (Å²) in [5, 5.41) is 8.81. The number of nitrogens with one attached hydrogen (secondary N) is 1. The molecule has 1 aromatic heterocycles. The van der Waals surface area contributed by atoms with E-state index in [0.29, 0.717) is 11.3 Å². The highest BCUT2D eigenvalue weighted by Gasteiger charge is 2.26. The van der Waals surface area contributed by atoms with Gasteiger partial charge in [-0.15, -0.1) is 0 Å². The van der Waals surface area contributed by atoms with Crippen LogP contribution in [-0.4, -0.2) is 45.4 Å². The Balaban J connectivity index is 2.13. The molecule has 19 heavy (non-hydrogen) atoms. The predicted octanol–water partition coefficient (Wildman–Crippen LogP) is 2.95. The van der Waals surface area contributed by atoms with Crippen LogP contribution < -0.4 is 5.32 Å². The molecule has 2 unspecified atom stereocenters. The van der Waals surface area contributed by atoms with E-state index in [0.717, 1.165) is 18.7 Å². The van der Waals surface area contributed by atoms with Gasteiger partial charge < -0.3 is 5.32 Å². The topological polar surface area (TPSA) is 29.9 Å². The van der Waals surface area contributed by atoms with Crippen molar-refractivity contribution in [3.8, 4) is 0 Å². The van der Waals surface area contributed by atoms with Gasteiger partial charge in [0.2, 0.25) is 0 Å². The second-order valence-electron chi connectivity index (χ2n) is 4.75. The third-order valence-corrected chi connectivity index (χ3v) is 7.48. The van der Waals surface area contributed by atoms with Gasteiger partial charge in [0, 0.05) is 41.5 Å². The normalized spacial score (nSPS) is 21.6. The number of hydrogen-bond donors (Lipinski definition) is 1. The van der Waals surface area contributed by atoms with Gasteiger partial charge in [0.15, 0.2) is 0 Å². The van der Waals surface area contributed by atoms with Crippen LogP contribution in [0, 0.1) is 6.92 Å². The standard InChI is InChI=1S/C13H22BrN3S2/c1-4-17-11(13(14)9(2)16-17)7-10(15-3)12-8-18-5-6-19-12/h10,12,15H,4-8H2,1-3H3. The maximum Gasteiger partial charge on any atom is 0.0738 e. The Kier molecular flexibility index (Phi) is 6.11. The molecule has 1 saturated heterocycles. The molecular formula is C13H22BrN3S2. The lowest BCUT2D eigenvalue weighted by Gasteiger charge is -2.29. The van der Waals surface area contributed by atoms with E-state index >= 15 is 0 Å². The fourth-order valence-corrected chi connectivity index (χ4v) is 5.80. The maximum atomic E-state index is 4.59. The van der Waals surface area contributed by atoms with E-state index in [4.69, 9.17) is 0 Å². The summed E-state index contributed by atoms with van der Waals surface area (Å²) in [5.74, 6) is 3.83. The first-order chi connectivity index (χ1) is 9.17. The molecule has 0 aromatic carbocycles. The van der Waals surface area contributed by atoms with Gasteiger partial charge in [-0.2, -0.15) is 28.6 Å². The van der Waals surface area contributed by atoms with Crippen LogP contribution in [0.4, 0.5) is 0 Å². The molecular weight excluding hydrogens is 342 g/mol. The third kappa shape index (κ3) is 3.71. The van der Waals surface area contributed by atoms with E-state index in [1.54, 1.807) is 0 Å². The van der Waals surface area contributed by atoms with Crippen LogP contribution in [0.15, 0.2) is 4.47 Å². The van der Waals surface area contributed by atoms with Crippen molar-refractivity contribution >= 4 is 39.5 Å². The second kappa shape index (κ2) is 7.38. The number of aryl methyl sites for hydroxylation is 2. The van der Waals surface area contributed by atoms with Gasteiger partial charge in [0.25, 0.3) is 0 Å². The summed E-state index contributed by atoms with van der Waals surface area (Å²) in [6.45, 7) is 5.16. The van der Waals surface area contributed by atoms with Crippen molar-refractivity contribution < 1.29 is 0 Å². The summed E-state index contributed by atoms with van der Waals surface area (Å²) in [4.78, 5) is 0. The highest BCUT2D eigenvalue weighted by molar-refractivity contribution is 9.10. The monoisotopic (exact) mass is 363 g/mol. The molecule has 0 saturated carbocycles. The fourth-order valence-electron chi connectivity index (χ4n) is 2.43. The first kappa shape index (κ1) is 15.7. The van der Waals surface area contributed by atoms with Crippen LogP contribution in [-0.2, 0) is 13.0 Å². The van der Waals surface area contributed by atoms with Crippen molar-refractivity contribution in [2.75, 3.05) is 24.3 Å². The fraction of sp³-hybridized carbons (Fsp3) is 0.769. The molecule has 6 heteroatoms. The van der Waals surface area contributed by atoms with E-state index in [1.807, 2.05) is 0 Å². The third-order valence-electron chi connectivity index (χ3n) is 3.53. The smallest absolute Gasteiger partial charge is 0.0738 e. The molecule has 0 bridgehead atoms. The Bertz CT molecular complexity index is 416. The molecule has 1 aliphatic rings. The van der Waals surface area contributed by atoms with Gasteiger partial charge in [0.1, 0.15) is 0 Å². The Labute approximate surface area is 132 Å². The van der Waals surface area contributed by atoms with Crippen LogP contribution >= 0.6 is 39.5 Å². The van der Waals surface area contributed by atoms with Crippen LogP contribution in [0.25, 0.3) is 0 Å². The molecule has 0 aliphatic carbocycles. The molecule has 0 amide bonds. The zero-order valence-corrected chi connectivity index (χ0v) is 15.0. The Morgan fingerprint density at radius 3 is 2.89 bits per heavy atom. The van der Waals surface area contributed by atoms with E-state index in [1.165, 1.54) is 27.4 Å². The SMILES string of the molecule is CCn1nc(C)c(Br)c1CC(NC)C1CSCCS1. The van der Waals surface area contributed by atoms with Crippen molar-refractivity contribution in [2.45, 2.75) is 38.1 Å². The molecule has 2 atom stereocenters. The zero-order valence-electron chi connectivity index (χ0n) is 11.8. The molecule has 3 nitrogen and oxygen atoms in total. The van der Waals surface area contributed by atoms with Gasteiger partial charge in [-0.05, 0) is 36.8 Å². The average Bonchev–Trinajstić information content (AvgIpc) is 2.72.